The van der Waals surface area contributed by atoms with Crippen LogP contribution in [-0.2, 0) is 4.79 Å². The summed E-state index contributed by atoms with van der Waals surface area (Å²) in [5, 5.41) is 24.1. The third kappa shape index (κ3) is 3.76. The third-order valence-electron chi connectivity index (χ3n) is 4.07. The molecule has 3 rings (SSSR count). The molecule has 9 heteroatoms. The van der Waals surface area contributed by atoms with Crippen molar-refractivity contribution in [1.29, 1.82) is 0 Å². The Balaban J connectivity index is 1.88. The molecule has 1 saturated heterocycles. The number of amides is 1. The molecule has 25 heavy (non-hydrogen) atoms. The highest BCUT2D eigenvalue weighted by atomic mass is 32.2. The van der Waals surface area contributed by atoms with Crippen molar-refractivity contribution in [3.8, 4) is 11.5 Å². The van der Waals surface area contributed by atoms with Gasteiger partial charge in [-0.1, -0.05) is 12.8 Å². The highest BCUT2D eigenvalue weighted by Gasteiger charge is 2.26. The minimum atomic E-state index is -0.700. The molecule has 0 spiro atoms. The molecule has 1 saturated carbocycles. The molecule has 0 atom stereocenters. The second-order valence-electron chi connectivity index (χ2n) is 5.79. The van der Waals surface area contributed by atoms with Crippen molar-refractivity contribution in [3.05, 3.63) is 32.7 Å². The van der Waals surface area contributed by atoms with E-state index in [1.54, 1.807) is 0 Å². The average Bonchev–Trinajstić information content (AvgIpc) is 3.19. The molecule has 0 aromatic heterocycles. The van der Waals surface area contributed by atoms with Gasteiger partial charge in [0.1, 0.15) is 0 Å². The van der Waals surface area contributed by atoms with Crippen molar-refractivity contribution in [1.82, 2.24) is 5.32 Å². The zero-order valence-corrected chi connectivity index (χ0v) is 14.3. The average molecular weight is 363 g/mol. The Labute approximate surface area is 148 Å². The summed E-state index contributed by atoms with van der Waals surface area (Å²) in [5.41, 5.74) is -0.0874. The van der Waals surface area contributed by atoms with E-state index in [4.69, 9.17) is 4.74 Å². The van der Waals surface area contributed by atoms with E-state index in [2.05, 4.69) is 10.3 Å². The van der Waals surface area contributed by atoms with Gasteiger partial charge in [-0.3, -0.25) is 19.9 Å². The highest BCUT2D eigenvalue weighted by molar-refractivity contribution is 8.18. The molecule has 132 valence electrons. The Bertz CT molecular complexity index is 784. The first kappa shape index (κ1) is 17.3. The van der Waals surface area contributed by atoms with Gasteiger partial charge in [-0.2, -0.15) is 0 Å². The number of benzene rings is 1. The number of amidine groups is 1. The SMILES string of the molecule is COc1cc(/C=C2\SC(=NC3CCCC3)NC2=O)cc([N+](=O)[O-])c1O. The van der Waals surface area contributed by atoms with Crippen molar-refractivity contribution in [2.45, 2.75) is 31.7 Å². The normalized spacial score (nSPS) is 21.1. The molecule has 2 aliphatic rings. The number of hydrogen-bond acceptors (Lipinski definition) is 7. The number of aliphatic imine (C=N–C) groups is 1. The van der Waals surface area contributed by atoms with Crippen LogP contribution >= 0.6 is 11.8 Å². The first-order valence-corrected chi connectivity index (χ1v) is 8.63. The molecule has 1 aromatic rings. The fraction of sp³-hybridized carbons (Fsp3) is 0.375. The van der Waals surface area contributed by atoms with Gasteiger partial charge < -0.3 is 15.2 Å². The Morgan fingerprint density at radius 2 is 2.16 bits per heavy atom. The van der Waals surface area contributed by atoms with Crippen molar-refractivity contribution in [3.63, 3.8) is 0 Å². The largest absolute Gasteiger partial charge is 0.500 e. The maximum Gasteiger partial charge on any atom is 0.315 e. The first-order valence-electron chi connectivity index (χ1n) is 7.82. The molecule has 0 unspecified atom stereocenters. The number of nitrogens with zero attached hydrogens (tertiary/aromatic N) is 2. The van der Waals surface area contributed by atoms with Gasteiger partial charge in [0, 0.05) is 6.07 Å². The van der Waals surface area contributed by atoms with Gasteiger partial charge in [0.25, 0.3) is 5.91 Å². The number of nitrogens with one attached hydrogen (secondary N) is 1. The third-order valence-corrected chi connectivity index (χ3v) is 4.99. The molecule has 1 aromatic carbocycles. The van der Waals surface area contributed by atoms with Crippen molar-refractivity contribution in [2.24, 2.45) is 4.99 Å². The zero-order chi connectivity index (χ0) is 18.0. The van der Waals surface area contributed by atoms with Crippen LogP contribution in [-0.4, -0.2) is 34.3 Å². The standard InChI is InChI=1S/C16H17N3O5S/c1-24-12-7-9(6-11(14(12)20)19(22)23)8-13-15(21)18-16(25-13)17-10-4-2-3-5-10/h6-8,10,20H,2-5H2,1H3,(H,17,18,21)/b13-8-. The van der Waals surface area contributed by atoms with Crippen molar-refractivity contribution < 1.29 is 19.6 Å². The number of methoxy groups -OCH3 is 1. The molecule has 1 aliphatic heterocycles. The summed E-state index contributed by atoms with van der Waals surface area (Å²) in [7, 11) is 1.30. The molecule has 2 fully saturated rings. The van der Waals surface area contributed by atoms with Gasteiger partial charge in [-0.15, -0.1) is 0 Å². The number of carbonyl (C=O) groups excluding carboxylic acids is 1. The minimum absolute atomic E-state index is 0.0238. The van der Waals surface area contributed by atoms with Crippen molar-refractivity contribution >= 4 is 34.6 Å². The predicted octanol–water partition coefficient (Wildman–Crippen LogP) is 2.81. The number of hydrogen-bond donors (Lipinski definition) is 2. The predicted molar refractivity (Wildman–Crippen MR) is 94.7 cm³/mol. The Morgan fingerprint density at radius 3 is 2.80 bits per heavy atom. The number of rotatable bonds is 4. The molecule has 2 N–H and O–H groups in total. The van der Waals surface area contributed by atoms with Crippen LogP contribution in [0.2, 0.25) is 0 Å². The summed E-state index contributed by atoms with van der Waals surface area (Å²) in [6, 6.07) is 2.89. The fourth-order valence-corrected chi connectivity index (χ4v) is 3.72. The van der Waals surface area contributed by atoms with Crippen LogP contribution in [0.4, 0.5) is 5.69 Å². The summed E-state index contributed by atoms with van der Waals surface area (Å²) in [6.45, 7) is 0. The molecular formula is C16H17N3O5S. The molecule has 1 aliphatic carbocycles. The first-order chi connectivity index (χ1) is 12.0. The number of ether oxygens (including phenoxy) is 1. The summed E-state index contributed by atoms with van der Waals surface area (Å²) >= 11 is 1.21. The van der Waals surface area contributed by atoms with E-state index in [1.807, 2.05) is 0 Å². The lowest BCUT2D eigenvalue weighted by Crippen LogP contribution is -2.21. The Kier molecular flexibility index (Phi) is 4.93. The van der Waals surface area contributed by atoms with Crippen molar-refractivity contribution in [2.75, 3.05) is 7.11 Å². The van der Waals surface area contributed by atoms with E-state index < -0.39 is 16.4 Å². The number of nitro benzene ring substituents is 1. The topological polar surface area (TPSA) is 114 Å². The summed E-state index contributed by atoms with van der Waals surface area (Å²) < 4.78 is 4.96. The van der Waals surface area contributed by atoms with E-state index in [0.29, 0.717) is 15.6 Å². The number of thioether (sulfide) groups is 1. The molecule has 8 nitrogen and oxygen atoms in total. The van der Waals surface area contributed by atoms with Crippen LogP contribution in [0, 0.1) is 10.1 Å². The molecule has 0 bridgehead atoms. The van der Waals surface area contributed by atoms with Gasteiger partial charge in [0.05, 0.1) is 23.0 Å². The van der Waals surface area contributed by atoms with Gasteiger partial charge in [-0.05, 0) is 42.3 Å². The van der Waals surface area contributed by atoms with E-state index in [9.17, 15) is 20.0 Å². The zero-order valence-electron chi connectivity index (χ0n) is 13.5. The molecule has 0 radical (unpaired) electrons. The van der Waals surface area contributed by atoms with E-state index in [1.165, 1.54) is 37.1 Å². The van der Waals surface area contributed by atoms with Gasteiger partial charge in [0.2, 0.25) is 5.75 Å². The van der Waals surface area contributed by atoms with Gasteiger partial charge >= 0.3 is 5.69 Å². The van der Waals surface area contributed by atoms with E-state index >= 15 is 0 Å². The van der Waals surface area contributed by atoms with Crippen LogP contribution in [0.5, 0.6) is 11.5 Å². The minimum Gasteiger partial charge on any atom is -0.500 e. The second kappa shape index (κ2) is 7.14. The summed E-state index contributed by atoms with van der Waals surface area (Å²) in [4.78, 5) is 27.4. The number of carbonyl (C=O) groups is 1. The van der Waals surface area contributed by atoms with Crippen LogP contribution in [0.15, 0.2) is 22.0 Å². The maximum absolute atomic E-state index is 12.1. The number of nitro groups is 1. The summed E-state index contributed by atoms with van der Waals surface area (Å²) in [5.74, 6) is -0.859. The van der Waals surface area contributed by atoms with E-state index in [-0.39, 0.29) is 17.7 Å². The smallest absolute Gasteiger partial charge is 0.315 e. The second-order valence-corrected chi connectivity index (χ2v) is 6.82. The van der Waals surface area contributed by atoms with Crippen LogP contribution in [0.1, 0.15) is 31.2 Å². The van der Waals surface area contributed by atoms with Crippen LogP contribution in [0.25, 0.3) is 6.08 Å². The number of phenols is 1. The molecule has 1 amide bonds. The maximum atomic E-state index is 12.1. The van der Waals surface area contributed by atoms with Gasteiger partial charge in [-0.25, -0.2) is 0 Å². The Hall–Kier alpha value is -2.55. The van der Waals surface area contributed by atoms with Crippen LogP contribution < -0.4 is 10.1 Å². The van der Waals surface area contributed by atoms with E-state index in [0.717, 1.165) is 25.7 Å². The lowest BCUT2D eigenvalue weighted by Gasteiger charge is -2.05. The summed E-state index contributed by atoms with van der Waals surface area (Å²) in [6.07, 6.45) is 5.88. The highest BCUT2D eigenvalue weighted by Crippen LogP contribution is 2.38. The lowest BCUT2D eigenvalue weighted by molar-refractivity contribution is -0.386. The molecule has 1 heterocycles. The molecular weight excluding hydrogens is 346 g/mol. The van der Waals surface area contributed by atoms with Gasteiger partial charge in [0.15, 0.2) is 10.9 Å². The number of phenolic OH excluding ortho intramolecular Hbond substituents is 1. The monoisotopic (exact) mass is 363 g/mol. The fourth-order valence-electron chi connectivity index (χ4n) is 2.83. The number of aromatic hydroxyl groups is 1. The van der Waals surface area contributed by atoms with Crippen LogP contribution in [0.3, 0.4) is 0 Å². The quantitative estimate of drug-likeness (QED) is 0.483. The lowest BCUT2D eigenvalue weighted by atomic mass is 10.1. The Morgan fingerprint density at radius 1 is 1.44 bits per heavy atom.